The van der Waals surface area contributed by atoms with Crippen molar-refractivity contribution in [2.24, 2.45) is 7.05 Å². The second kappa shape index (κ2) is 6.04. The van der Waals surface area contributed by atoms with Crippen LogP contribution in [-0.4, -0.2) is 26.8 Å². The van der Waals surface area contributed by atoms with Crippen molar-refractivity contribution in [3.63, 3.8) is 0 Å². The highest BCUT2D eigenvalue weighted by atomic mass is 127. The van der Waals surface area contributed by atoms with E-state index < -0.39 is 17.9 Å². The van der Waals surface area contributed by atoms with Crippen LogP contribution in [0, 0.1) is 3.57 Å². The van der Waals surface area contributed by atoms with Crippen molar-refractivity contribution in [3.8, 4) is 0 Å². The molecule has 0 spiro atoms. The zero-order valence-corrected chi connectivity index (χ0v) is 12.7. The summed E-state index contributed by atoms with van der Waals surface area (Å²) in [6.45, 7) is 0. The average Bonchev–Trinajstić information content (AvgIpc) is 2.81. The number of nitrogens with zero attached hydrogens (tertiary/aromatic N) is 2. The first-order valence-corrected chi connectivity index (χ1v) is 6.83. The number of aliphatic carboxylic acids is 1. The van der Waals surface area contributed by atoms with Crippen molar-refractivity contribution in [1.82, 2.24) is 15.1 Å². The van der Waals surface area contributed by atoms with E-state index in [1.54, 1.807) is 31.4 Å². The van der Waals surface area contributed by atoms with Gasteiger partial charge in [0.25, 0.3) is 5.91 Å². The van der Waals surface area contributed by atoms with E-state index in [-0.39, 0.29) is 0 Å². The highest BCUT2D eigenvalue weighted by Crippen LogP contribution is 2.14. The fourth-order valence-electron chi connectivity index (χ4n) is 1.72. The minimum atomic E-state index is -1.13. The normalized spacial score (nSPS) is 11.9. The Balaban J connectivity index is 2.21. The molecule has 1 aromatic heterocycles. The number of halogens is 1. The van der Waals surface area contributed by atoms with E-state index in [1.807, 2.05) is 6.07 Å². The summed E-state index contributed by atoms with van der Waals surface area (Å²) in [6.07, 6.45) is 2.99. The molecule has 1 aromatic carbocycles. The van der Waals surface area contributed by atoms with Gasteiger partial charge in [-0.05, 0) is 40.8 Å². The Kier molecular flexibility index (Phi) is 4.38. The lowest BCUT2D eigenvalue weighted by Gasteiger charge is -2.13. The van der Waals surface area contributed by atoms with Gasteiger partial charge in [0.1, 0.15) is 0 Å². The number of rotatable bonds is 4. The monoisotopic (exact) mass is 385 g/mol. The van der Waals surface area contributed by atoms with Crippen molar-refractivity contribution in [2.75, 3.05) is 0 Å². The summed E-state index contributed by atoms with van der Waals surface area (Å²) in [6, 6.07) is 5.82. The van der Waals surface area contributed by atoms with E-state index in [9.17, 15) is 14.7 Å². The molecule has 0 saturated heterocycles. The number of carbonyl (C=O) groups is 2. The molecular formula is C13H12IN3O3. The number of aryl methyl sites for hydroxylation is 1. The molecule has 0 saturated carbocycles. The molecule has 1 amide bonds. The predicted octanol–water partition coefficient (Wildman–Crippen LogP) is 1.58. The number of hydrogen-bond acceptors (Lipinski definition) is 3. The Labute approximate surface area is 128 Å². The SMILES string of the molecule is Cn1cc(C(NC(=O)c2cccc(I)c2)C(=O)O)cn1. The van der Waals surface area contributed by atoms with Gasteiger partial charge >= 0.3 is 5.97 Å². The quantitative estimate of drug-likeness (QED) is 0.783. The molecule has 6 nitrogen and oxygen atoms in total. The molecule has 0 aliphatic carbocycles. The van der Waals surface area contributed by atoms with Gasteiger partial charge in [0.2, 0.25) is 0 Å². The molecular weight excluding hydrogens is 373 g/mol. The van der Waals surface area contributed by atoms with Gasteiger partial charge in [-0.3, -0.25) is 9.48 Å². The van der Waals surface area contributed by atoms with Gasteiger partial charge in [-0.1, -0.05) is 6.07 Å². The van der Waals surface area contributed by atoms with Crippen LogP contribution in [0.5, 0.6) is 0 Å². The molecule has 0 aliphatic rings. The van der Waals surface area contributed by atoms with E-state index in [2.05, 4.69) is 33.0 Å². The summed E-state index contributed by atoms with van der Waals surface area (Å²) >= 11 is 2.09. The topological polar surface area (TPSA) is 84.2 Å². The number of nitrogens with one attached hydrogen (secondary N) is 1. The summed E-state index contributed by atoms with van der Waals surface area (Å²) < 4.78 is 2.39. The van der Waals surface area contributed by atoms with Crippen LogP contribution in [0.4, 0.5) is 0 Å². The van der Waals surface area contributed by atoms with Gasteiger partial charge in [-0.25, -0.2) is 4.79 Å². The zero-order chi connectivity index (χ0) is 14.7. The Morgan fingerprint density at radius 1 is 1.45 bits per heavy atom. The first kappa shape index (κ1) is 14.5. The minimum Gasteiger partial charge on any atom is -0.479 e. The van der Waals surface area contributed by atoms with Crippen LogP contribution in [0.2, 0.25) is 0 Å². The molecule has 20 heavy (non-hydrogen) atoms. The summed E-state index contributed by atoms with van der Waals surface area (Å²) in [5.41, 5.74) is 0.853. The van der Waals surface area contributed by atoms with Crippen LogP contribution >= 0.6 is 22.6 Å². The molecule has 0 fully saturated rings. The lowest BCUT2D eigenvalue weighted by molar-refractivity contribution is -0.139. The molecule has 1 atom stereocenters. The largest absolute Gasteiger partial charge is 0.479 e. The molecule has 1 unspecified atom stereocenters. The maximum atomic E-state index is 12.1. The van der Waals surface area contributed by atoms with Gasteiger partial charge in [0, 0.05) is 27.9 Å². The summed E-state index contributed by atoms with van der Waals surface area (Å²) in [7, 11) is 1.68. The molecule has 2 aromatic rings. The maximum Gasteiger partial charge on any atom is 0.331 e. The maximum absolute atomic E-state index is 12.1. The summed E-state index contributed by atoms with van der Waals surface area (Å²) in [4.78, 5) is 23.4. The Bertz CT molecular complexity index is 654. The molecule has 0 radical (unpaired) electrons. The number of amides is 1. The van der Waals surface area contributed by atoms with Crippen molar-refractivity contribution in [2.45, 2.75) is 6.04 Å². The standard InChI is InChI=1S/C13H12IN3O3/c1-17-7-9(6-15-17)11(13(19)20)16-12(18)8-3-2-4-10(14)5-8/h2-7,11H,1H3,(H,16,18)(H,19,20). The molecule has 2 rings (SSSR count). The summed E-state index contributed by atoms with van der Waals surface area (Å²) in [5, 5.41) is 15.6. The Morgan fingerprint density at radius 3 is 2.75 bits per heavy atom. The first-order chi connectivity index (χ1) is 9.47. The third-order valence-electron chi connectivity index (χ3n) is 2.67. The van der Waals surface area contributed by atoms with Gasteiger partial charge in [0.05, 0.1) is 6.20 Å². The third-order valence-corrected chi connectivity index (χ3v) is 3.34. The van der Waals surface area contributed by atoms with E-state index in [4.69, 9.17) is 0 Å². The minimum absolute atomic E-state index is 0.423. The van der Waals surface area contributed by atoms with Gasteiger partial charge in [-0.15, -0.1) is 0 Å². The number of carboxylic acid groups (broad SMARTS) is 1. The fourth-order valence-corrected chi connectivity index (χ4v) is 2.26. The van der Waals surface area contributed by atoms with Crippen LogP contribution in [0.1, 0.15) is 22.0 Å². The fraction of sp³-hybridized carbons (Fsp3) is 0.154. The van der Waals surface area contributed by atoms with Crippen LogP contribution in [0.25, 0.3) is 0 Å². The number of carbonyl (C=O) groups excluding carboxylic acids is 1. The van der Waals surface area contributed by atoms with Gasteiger partial charge < -0.3 is 10.4 Å². The smallest absolute Gasteiger partial charge is 0.331 e. The highest BCUT2D eigenvalue weighted by Gasteiger charge is 2.24. The molecule has 1 heterocycles. The summed E-state index contributed by atoms with van der Waals surface area (Å²) in [5.74, 6) is -1.56. The van der Waals surface area contributed by atoms with Crippen LogP contribution < -0.4 is 5.32 Å². The number of hydrogen-bond donors (Lipinski definition) is 2. The van der Waals surface area contributed by atoms with Gasteiger partial charge in [0.15, 0.2) is 6.04 Å². The van der Waals surface area contributed by atoms with Crippen molar-refractivity contribution in [1.29, 1.82) is 0 Å². The number of benzene rings is 1. The molecule has 104 valence electrons. The van der Waals surface area contributed by atoms with E-state index in [0.717, 1.165) is 3.57 Å². The second-order valence-electron chi connectivity index (χ2n) is 4.20. The van der Waals surface area contributed by atoms with Crippen molar-refractivity contribution >= 4 is 34.5 Å². The average molecular weight is 385 g/mol. The van der Waals surface area contributed by atoms with Crippen molar-refractivity contribution in [3.05, 3.63) is 51.4 Å². The molecule has 0 aliphatic heterocycles. The lowest BCUT2D eigenvalue weighted by atomic mass is 10.1. The van der Waals surface area contributed by atoms with E-state index >= 15 is 0 Å². The van der Waals surface area contributed by atoms with E-state index in [1.165, 1.54) is 10.9 Å². The first-order valence-electron chi connectivity index (χ1n) is 5.75. The van der Waals surface area contributed by atoms with Crippen LogP contribution in [0.3, 0.4) is 0 Å². The van der Waals surface area contributed by atoms with Crippen LogP contribution in [-0.2, 0) is 11.8 Å². The highest BCUT2D eigenvalue weighted by molar-refractivity contribution is 14.1. The number of carboxylic acids is 1. The Hall–Kier alpha value is -1.90. The van der Waals surface area contributed by atoms with Crippen LogP contribution in [0.15, 0.2) is 36.7 Å². The van der Waals surface area contributed by atoms with Gasteiger partial charge in [-0.2, -0.15) is 5.10 Å². The lowest BCUT2D eigenvalue weighted by Crippen LogP contribution is -2.33. The molecule has 2 N–H and O–H groups in total. The third kappa shape index (κ3) is 3.35. The predicted molar refractivity (Wildman–Crippen MR) is 80.2 cm³/mol. The Morgan fingerprint density at radius 2 is 2.20 bits per heavy atom. The van der Waals surface area contributed by atoms with Crippen molar-refractivity contribution < 1.29 is 14.7 Å². The molecule has 0 bridgehead atoms. The molecule has 7 heteroatoms. The second-order valence-corrected chi connectivity index (χ2v) is 5.45. The van der Waals surface area contributed by atoms with E-state index in [0.29, 0.717) is 11.1 Å². The number of aromatic nitrogens is 2. The zero-order valence-electron chi connectivity index (χ0n) is 10.6.